The third-order valence-electron chi connectivity index (χ3n) is 5.94. The first-order valence-electron chi connectivity index (χ1n) is 11.4. The average molecular weight is 451 g/mol. The lowest BCUT2D eigenvalue weighted by Gasteiger charge is -2.19. The van der Waals surface area contributed by atoms with Crippen molar-refractivity contribution < 1.29 is 19.7 Å². The van der Waals surface area contributed by atoms with Gasteiger partial charge in [-0.1, -0.05) is 72.8 Å². The molecular formula is C30H26O4. The Labute approximate surface area is 198 Å². The zero-order chi connectivity index (χ0) is 23.3. The summed E-state index contributed by atoms with van der Waals surface area (Å²) in [5, 5.41) is 22.9. The van der Waals surface area contributed by atoms with Gasteiger partial charge in [0, 0.05) is 0 Å². The van der Waals surface area contributed by atoms with Gasteiger partial charge in [-0.05, 0) is 68.1 Å². The van der Waals surface area contributed by atoms with Gasteiger partial charge in [-0.3, -0.25) is 0 Å². The molecule has 0 atom stereocenters. The van der Waals surface area contributed by atoms with Gasteiger partial charge >= 0.3 is 0 Å². The number of hydrogen-bond donors (Lipinski definition) is 2. The first-order valence-corrected chi connectivity index (χ1v) is 11.4. The van der Waals surface area contributed by atoms with Crippen LogP contribution in [0.4, 0.5) is 0 Å². The predicted molar refractivity (Wildman–Crippen MR) is 137 cm³/mol. The number of rotatable bonds is 8. The van der Waals surface area contributed by atoms with Crippen molar-refractivity contribution in [2.45, 2.75) is 0 Å². The fraction of sp³-hybridized carbons (Fsp3) is 0.133. The van der Waals surface area contributed by atoms with Crippen LogP contribution in [-0.4, -0.2) is 36.6 Å². The van der Waals surface area contributed by atoms with Gasteiger partial charge in [-0.15, -0.1) is 0 Å². The third-order valence-corrected chi connectivity index (χ3v) is 5.94. The number of ether oxygens (including phenoxy) is 2. The molecule has 2 N–H and O–H groups in total. The molecule has 0 bridgehead atoms. The lowest BCUT2D eigenvalue weighted by Crippen LogP contribution is -2.01. The van der Waals surface area contributed by atoms with Crippen molar-refractivity contribution in [3.8, 4) is 33.8 Å². The number of fused-ring (bicyclic) bond motifs is 3. The van der Waals surface area contributed by atoms with Gasteiger partial charge in [0.1, 0.15) is 24.7 Å². The lowest BCUT2D eigenvalue weighted by molar-refractivity contribution is 0.201. The third kappa shape index (κ3) is 4.21. The molecule has 5 aromatic rings. The zero-order valence-electron chi connectivity index (χ0n) is 18.8. The summed E-state index contributed by atoms with van der Waals surface area (Å²) in [7, 11) is 0. The molecule has 0 aliphatic heterocycles. The van der Waals surface area contributed by atoms with Crippen LogP contribution in [0.5, 0.6) is 11.5 Å². The van der Waals surface area contributed by atoms with Gasteiger partial charge in [0.2, 0.25) is 0 Å². The molecule has 0 heterocycles. The Morgan fingerprint density at radius 2 is 0.794 bits per heavy atom. The second-order valence-electron chi connectivity index (χ2n) is 8.03. The Morgan fingerprint density at radius 3 is 1.15 bits per heavy atom. The Hall–Kier alpha value is -3.86. The zero-order valence-corrected chi connectivity index (χ0v) is 18.8. The van der Waals surface area contributed by atoms with Crippen molar-refractivity contribution in [2.24, 2.45) is 0 Å². The predicted octanol–water partition coefficient (Wildman–Crippen LogP) is 6.07. The van der Waals surface area contributed by atoms with E-state index in [4.69, 9.17) is 19.7 Å². The van der Waals surface area contributed by atoms with Crippen molar-refractivity contribution in [3.05, 3.63) is 97.1 Å². The fourth-order valence-corrected chi connectivity index (χ4v) is 4.50. The largest absolute Gasteiger partial charge is 0.491 e. The first-order chi connectivity index (χ1) is 16.8. The van der Waals surface area contributed by atoms with E-state index in [-0.39, 0.29) is 26.4 Å². The molecule has 170 valence electrons. The van der Waals surface area contributed by atoms with Gasteiger partial charge in [-0.25, -0.2) is 0 Å². The maximum absolute atomic E-state index is 9.06. The monoisotopic (exact) mass is 450 g/mol. The van der Waals surface area contributed by atoms with E-state index >= 15 is 0 Å². The molecular weight excluding hydrogens is 424 g/mol. The van der Waals surface area contributed by atoms with Crippen LogP contribution < -0.4 is 9.47 Å². The number of benzene rings is 5. The minimum atomic E-state index is -0.0147. The molecule has 5 rings (SSSR count). The van der Waals surface area contributed by atoms with Gasteiger partial charge in [0.15, 0.2) is 0 Å². The van der Waals surface area contributed by atoms with E-state index in [9.17, 15) is 0 Å². The summed E-state index contributed by atoms with van der Waals surface area (Å²) < 4.78 is 11.2. The maximum Gasteiger partial charge on any atom is 0.119 e. The molecule has 5 aromatic carbocycles. The summed E-state index contributed by atoms with van der Waals surface area (Å²) in [5.41, 5.74) is 4.50. The minimum absolute atomic E-state index is 0.0147. The molecule has 0 amide bonds. The quantitative estimate of drug-likeness (QED) is 0.282. The van der Waals surface area contributed by atoms with Gasteiger partial charge < -0.3 is 19.7 Å². The van der Waals surface area contributed by atoms with Crippen molar-refractivity contribution in [3.63, 3.8) is 0 Å². The van der Waals surface area contributed by atoms with Crippen LogP contribution in [0.3, 0.4) is 0 Å². The normalized spacial score (nSPS) is 11.1. The highest BCUT2D eigenvalue weighted by Gasteiger charge is 2.17. The van der Waals surface area contributed by atoms with E-state index in [0.717, 1.165) is 33.8 Å². The molecule has 0 aliphatic rings. The molecule has 4 nitrogen and oxygen atoms in total. The van der Waals surface area contributed by atoms with Crippen LogP contribution in [-0.2, 0) is 0 Å². The molecule has 0 fully saturated rings. The average Bonchev–Trinajstić information content (AvgIpc) is 2.91. The van der Waals surface area contributed by atoms with Crippen molar-refractivity contribution in [1.82, 2.24) is 0 Å². The van der Waals surface area contributed by atoms with E-state index in [2.05, 4.69) is 72.8 Å². The molecule has 4 heteroatoms. The standard InChI is InChI=1S/C30H26O4/c31-17-19-33-23-13-9-21(10-14-23)29-27-7-3-1-5-25(27)26-6-2-4-8-28(26)30(29)22-11-15-24(16-12-22)34-20-18-32/h1-16,31-32H,17-20H2. The highest BCUT2D eigenvalue weighted by Crippen LogP contribution is 2.44. The summed E-state index contributed by atoms with van der Waals surface area (Å²) in [6.07, 6.45) is 0. The molecule has 0 unspecified atom stereocenters. The van der Waals surface area contributed by atoms with E-state index in [1.165, 1.54) is 21.5 Å². The first kappa shape index (κ1) is 22.0. The Balaban J connectivity index is 1.76. The van der Waals surface area contributed by atoms with E-state index in [1.54, 1.807) is 0 Å². The van der Waals surface area contributed by atoms with Crippen LogP contribution in [0.1, 0.15) is 0 Å². The van der Waals surface area contributed by atoms with Crippen molar-refractivity contribution in [1.29, 1.82) is 0 Å². The summed E-state index contributed by atoms with van der Waals surface area (Å²) in [6, 6.07) is 33.1. The second-order valence-corrected chi connectivity index (χ2v) is 8.03. The van der Waals surface area contributed by atoms with Crippen LogP contribution in [0.25, 0.3) is 43.8 Å². The number of aliphatic hydroxyl groups is 2. The molecule has 0 saturated carbocycles. The number of aliphatic hydroxyl groups excluding tert-OH is 2. The van der Waals surface area contributed by atoms with Crippen LogP contribution in [0.15, 0.2) is 97.1 Å². The van der Waals surface area contributed by atoms with Crippen molar-refractivity contribution in [2.75, 3.05) is 26.4 Å². The highest BCUT2D eigenvalue weighted by molar-refractivity contribution is 6.21. The summed E-state index contributed by atoms with van der Waals surface area (Å²) in [6.45, 7) is 0.515. The van der Waals surface area contributed by atoms with Crippen LogP contribution >= 0.6 is 0 Å². The highest BCUT2D eigenvalue weighted by atomic mass is 16.5. The Bertz CT molecular complexity index is 1300. The van der Waals surface area contributed by atoms with Crippen LogP contribution in [0.2, 0.25) is 0 Å². The SMILES string of the molecule is OCCOc1ccc(-c2c(-c3ccc(OCCO)cc3)c3ccccc3c3ccccc23)cc1. The topological polar surface area (TPSA) is 58.9 Å². The summed E-state index contributed by atoms with van der Waals surface area (Å²) in [4.78, 5) is 0. The Kier molecular flexibility index (Phi) is 6.43. The Morgan fingerprint density at radius 1 is 0.441 bits per heavy atom. The smallest absolute Gasteiger partial charge is 0.119 e. The molecule has 34 heavy (non-hydrogen) atoms. The summed E-state index contributed by atoms with van der Waals surface area (Å²) >= 11 is 0. The molecule has 0 aliphatic carbocycles. The van der Waals surface area contributed by atoms with Gasteiger partial charge in [-0.2, -0.15) is 0 Å². The molecule has 0 aromatic heterocycles. The van der Waals surface area contributed by atoms with Gasteiger partial charge in [0.05, 0.1) is 13.2 Å². The minimum Gasteiger partial charge on any atom is -0.491 e. The fourth-order valence-electron chi connectivity index (χ4n) is 4.50. The summed E-state index contributed by atoms with van der Waals surface area (Å²) in [5.74, 6) is 1.46. The number of hydrogen-bond acceptors (Lipinski definition) is 4. The molecule has 0 saturated heterocycles. The second kappa shape index (κ2) is 9.96. The van der Waals surface area contributed by atoms with Crippen LogP contribution in [0, 0.1) is 0 Å². The van der Waals surface area contributed by atoms with E-state index in [0.29, 0.717) is 0 Å². The van der Waals surface area contributed by atoms with Crippen molar-refractivity contribution >= 4 is 21.5 Å². The van der Waals surface area contributed by atoms with Gasteiger partial charge in [0.25, 0.3) is 0 Å². The molecule has 0 spiro atoms. The maximum atomic E-state index is 9.06. The van der Waals surface area contributed by atoms with E-state index in [1.807, 2.05) is 24.3 Å². The van der Waals surface area contributed by atoms with E-state index < -0.39 is 0 Å². The molecule has 0 radical (unpaired) electrons. The lowest BCUT2D eigenvalue weighted by atomic mass is 9.85.